The van der Waals surface area contributed by atoms with E-state index in [1.54, 1.807) is 49.5 Å². The minimum atomic E-state index is -0.700. The van der Waals surface area contributed by atoms with E-state index in [2.05, 4.69) is 36.5 Å². The molecule has 5 rings (SSSR count). The quantitative estimate of drug-likeness (QED) is 0.169. The van der Waals surface area contributed by atoms with Gasteiger partial charge >= 0.3 is 12.1 Å². The number of esters is 1. The van der Waals surface area contributed by atoms with E-state index in [0.717, 1.165) is 36.9 Å². The maximum absolute atomic E-state index is 13.5. The number of tetrazole rings is 1. The fourth-order valence-corrected chi connectivity index (χ4v) is 5.35. The van der Waals surface area contributed by atoms with Crippen LogP contribution in [0.1, 0.15) is 43.9 Å². The third-order valence-corrected chi connectivity index (χ3v) is 7.49. The molecule has 1 aliphatic heterocycles. The van der Waals surface area contributed by atoms with Gasteiger partial charge in [0.1, 0.15) is 12.4 Å². The standard InChI is InChI=1S/C32H33ClN8O5/c1-3-46-31(43)25-8-6-4-5-7-23-16-21(13-14-34-23)30-26(37-25)17-24(36-32(44)45-2)18-27(30)38-29(42)12-9-20-15-22(33)10-11-28(20)41-19-35-39-40-41/h9-19,25,37H,3-8H2,1-2H3,(H,36,44)(H,38,42)/b12-9+. The number of rotatable bonds is 7. The zero-order chi connectivity index (χ0) is 32.5. The normalized spacial score (nSPS) is 14.6. The maximum atomic E-state index is 13.5. The van der Waals surface area contributed by atoms with Gasteiger partial charge in [0.25, 0.3) is 0 Å². The Labute approximate surface area is 270 Å². The zero-order valence-electron chi connectivity index (χ0n) is 25.3. The Morgan fingerprint density at radius 3 is 2.76 bits per heavy atom. The summed E-state index contributed by atoms with van der Waals surface area (Å²) in [6.45, 7) is 1.99. The molecule has 0 radical (unpaired) electrons. The molecule has 2 aromatic heterocycles. The number of nitrogens with one attached hydrogen (secondary N) is 3. The monoisotopic (exact) mass is 644 g/mol. The minimum Gasteiger partial charge on any atom is -0.464 e. The summed E-state index contributed by atoms with van der Waals surface area (Å²) in [6.07, 6.45) is 9.31. The SMILES string of the molecule is CCOC(=O)C1CCCCCc2cc(ccn2)-c2c(NC(=O)/C=C/c3cc(Cl)ccc3-n3cnnn3)cc(NC(=O)OC)cc2N1. The minimum absolute atomic E-state index is 0.233. The number of pyridine rings is 1. The number of carbonyl (C=O) groups excluding carboxylic acids is 3. The largest absolute Gasteiger partial charge is 0.464 e. The summed E-state index contributed by atoms with van der Waals surface area (Å²) < 4.78 is 11.7. The van der Waals surface area contributed by atoms with Crippen molar-refractivity contribution in [2.45, 2.75) is 45.1 Å². The predicted molar refractivity (Wildman–Crippen MR) is 174 cm³/mol. The molecule has 0 aliphatic carbocycles. The van der Waals surface area contributed by atoms with Gasteiger partial charge in [0, 0.05) is 45.5 Å². The van der Waals surface area contributed by atoms with E-state index in [4.69, 9.17) is 21.1 Å². The number of carbonyl (C=O) groups is 3. The van der Waals surface area contributed by atoms with Crippen LogP contribution < -0.4 is 16.0 Å². The first-order chi connectivity index (χ1) is 22.3. The van der Waals surface area contributed by atoms with Crippen molar-refractivity contribution in [1.29, 1.82) is 0 Å². The lowest BCUT2D eigenvalue weighted by Gasteiger charge is -2.24. The van der Waals surface area contributed by atoms with Gasteiger partial charge in [-0.1, -0.05) is 24.4 Å². The number of nitrogens with zero attached hydrogens (tertiary/aromatic N) is 5. The van der Waals surface area contributed by atoms with E-state index >= 15 is 0 Å². The lowest BCUT2D eigenvalue weighted by Crippen LogP contribution is -2.32. The summed E-state index contributed by atoms with van der Waals surface area (Å²) >= 11 is 6.25. The topological polar surface area (TPSA) is 162 Å². The first kappa shape index (κ1) is 32.1. The third kappa shape index (κ3) is 8.04. The van der Waals surface area contributed by atoms with Crippen LogP contribution in [0.4, 0.5) is 21.9 Å². The van der Waals surface area contributed by atoms with E-state index in [1.165, 1.54) is 24.2 Å². The average molecular weight is 645 g/mol. The van der Waals surface area contributed by atoms with E-state index in [9.17, 15) is 14.4 Å². The number of aromatic nitrogens is 5. The number of halogens is 1. The lowest BCUT2D eigenvalue weighted by atomic mass is 9.97. The van der Waals surface area contributed by atoms with E-state index in [1.807, 2.05) is 12.1 Å². The van der Waals surface area contributed by atoms with Gasteiger partial charge in [0.15, 0.2) is 0 Å². The Balaban J connectivity index is 1.58. The molecule has 14 heteroatoms. The van der Waals surface area contributed by atoms with E-state index in [-0.39, 0.29) is 12.6 Å². The molecule has 2 bridgehead atoms. The summed E-state index contributed by atoms with van der Waals surface area (Å²) in [7, 11) is 1.25. The fourth-order valence-electron chi connectivity index (χ4n) is 5.17. The van der Waals surface area contributed by atoms with Gasteiger partial charge in [-0.25, -0.2) is 9.59 Å². The highest BCUT2D eigenvalue weighted by Gasteiger charge is 2.24. The molecule has 1 aliphatic rings. The second kappa shape index (κ2) is 15.1. The molecule has 0 spiro atoms. The molecule has 46 heavy (non-hydrogen) atoms. The summed E-state index contributed by atoms with van der Waals surface area (Å²) in [4.78, 5) is 43.3. The van der Waals surface area contributed by atoms with Crippen molar-refractivity contribution in [2.75, 3.05) is 29.7 Å². The second-order valence-electron chi connectivity index (χ2n) is 10.4. The maximum Gasteiger partial charge on any atom is 0.411 e. The fraction of sp³-hybridized carbons (Fsp3) is 0.281. The van der Waals surface area contributed by atoms with Crippen LogP contribution in [0.15, 0.2) is 61.1 Å². The van der Waals surface area contributed by atoms with Crippen LogP contribution in [0, 0.1) is 0 Å². The van der Waals surface area contributed by atoms with Crippen molar-refractivity contribution in [2.24, 2.45) is 0 Å². The van der Waals surface area contributed by atoms with Crippen LogP contribution in [0.25, 0.3) is 22.9 Å². The van der Waals surface area contributed by atoms with Crippen molar-refractivity contribution in [3.05, 3.63) is 77.3 Å². The van der Waals surface area contributed by atoms with Crippen molar-refractivity contribution >= 4 is 52.7 Å². The van der Waals surface area contributed by atoms with Crippen LogP contribution >= 0.6 is 11.6 Å². The van der Waals surface area contributed by atoms with Crippen LogP contribution in [-0.2, 0) is 25.5 Å². The lowest BCUT2D eigenvalue weighted by molar-refractivity contribution is -0.144. The number of hydrogen-bond acceptors (Lipinski definition) is 10. The molecule has 238 valence electrons. The summed E-state index contributed by atoms with van der Waals surface area (Å²) in [5, 5.41) is 20.7. The van der Waals surface area contributed by atoms with Crippen molar-refractivity contribution in [3.8, 4) is 16.8 Å². The Morgan fingerprint density at radius 2 is 1.98 bits per heavy atom. The highest BCUT2D eigenvalue weighted by molar-refractivity contribution is 6.30. The van der Waals surface area contributed by atoms with Crippen molar-refractivity contribution in [1.82, 2.24) is 25.2 Å². The Morgan fingerprint density at radius 1 is 1.11 bits per heavy atom. The average Bonchev–Trinajstić information content (AvgIpc) is 3.58. The first-order valence-corrected chi connectivity index (χ1v) is 15.2. The summed E-state index contributed by atoms with van der Waals surface area (Å²) in [5.41, 5.74) is 4.68. The van der Waals surface area contributed by atoms with Crippen LogP contribution in [0.3, 0.4) is 0 Å². The molecule has 0 fully saturated rings. The first-order valence-electron chi connectivity index (χ1n) is 14.8. The van der Waals surface area contributed by atoms with Crippen LogP contribution in [0.2, 0.25) is 5.02 Å². The van der Waals surface area contributed by atoms with Gasteiger partial charge in [-0.05, 0) is 90.7 Å². The number of amides is 2. The molecule has 1 unspecified atom stereocenters. The van der Waals surface area contributed by atoms with Crippen LogP contribution in [0.5, 0.6) is 0 Å². The summed E-state index contributed by atoms with van der Waals surface area (Å²) in [5.74, 6) is -0.858. The molecule has 3 heterocycles. The smallest absolute Gasteiger partial charge is 0.411 e. The highest BCUT2D eigenvalue weighted by atomic mass is 35.5. The Hall–Kier alpha value is -5.30. The number of anilines is 3. The molecule has 1 atom stereocenters. The van der Waals surface area contributed by atoms with Gasteiger partial charge in [-0.15, -0.1) is 5.10 Å². The Kier molecular flexibility index (Phi) is 10.6. The van der Waals surface area contributed by atoms with Gasteiger partial charge in [0.2, 0.25) is 5.91 Å². The molecule has 2 aromatic carbocycles. The molecule has 4 aromatic rings. The summed E-state index contributed by atoms with van der Waals surface area (Å²) in [6, 6.07) is 11.6. The molecule has 0 saturated heterocycles. The van der Waals surface area contributed by atoms with Crippen LogP contribution in [-0.4, -0.2) is 62.9 Å². The number of hydrogen-bond donors (Lipinski definition) is 3. The van der Waals surface area contributed by atoms with E-state index in [0.29, 0.717) is 45.3 Å². The van der Waals surface area contributed by atoms with Crippen molar-refractivity contribution < 1.29 is 23.9 Å². The highest BCUT2D eigenvalue weighted by Crippen LogP contribution is 2.40. The number of methoxy groups -OCH3 is 1. The van der Waals surface area contributed by atoms with Gasteiger partial charge in [0.05, 0.1) is 25.1 Å². The Bertz CT molecular complexity index is 1740. The zero-order valence-corrected chi connectivity index (χ0v) is 26.1. The van der Waals surface area contributed by atoms with Gasteiger partial charge in [-0.2, -0.15) is 4.68 Å². The number of ether oxygens (including phenoxy) is 2. The van der Waals surface area contributed by atoms with Gasteiger partial charge < -0.3 is 20.1 Å². The number of fused-ring (bicyclic) bond motifs is 4. The van der Waals surface area contributed by atoms with E-state index < -0.39 is 18.0 Å². The molecule has 0 saturated carbocycles. The van der Waals surface area contributed by atoms with Crippen molar-refractivity contribution in [3.63, 3.8) is 0 Å². The number of aryl methyl sites for hydroxylation is 1. The molecule has 13 nitrogen and oxygen atoms in total. The molecule has 3 N–H and O–H groups in total. The predicted octanol–water partition coefficient (Wildman–Crippen LogP) is 5.67. The molecule has 2 amide bonds. The molecular formula is C32H33ClN8O5. The molecular weight excluding hydrogens is 612 g/mol. The number of benzene rings is 2. The third-order valence-electron chi connectivity index (χ3n) is 7.26. The second-order valence-corrected chi connectivity index (χ2v) is 10.9. The van der Waals surface area contributed by atoms with Gasteiger partial charge in [-0.3, -0.25) is 15.1 Å².